The second-order valence-corrected chi connectivity index (χ2v) is 9.64. The molecule has 1 aliphatic heterocycles. The van der Waals surface area contributed by atoms with Crippen molar-refractivity contribution < 1.29 is 4.79 Å². The van der Waals surface area contributed by atoms with Crippen molar-refractivity contribution in [2.45, 2.75) is 76.7 Å². The van der Waals surface area contributed by atoms with Gasteiger partial charge in [0.25, 0.3) is 5.56 Å². The minimum absolute atomic E-state index is 0.0477. The number of carbonyl (C=O) groups is 1. The van der Waals surface area contributed by atoms with Gasteiger partial charge in [-0.3, -0.25) is 9.59 Å². The van der Waals surface area contributed by atoms with E-state index in [1.807, 2.05) is 34.7 Å². The van der Waals surface area contributed by atoms with E-state index in [9.17, 15) is 9.59 Å². The Morgan fingerprint density at radius 2 is 1.88 bits per heavy atom. The van der Waals surface area contributed by atoms with Gasteiger partial charge in [-0.25, -0.2) is 9.67 Å². The summed E-state index contributed by atoms with van der Waals surface area (Å²) < 4.78 is 2.01. The number of aryl methyl sites for hydroxylation is 2. The van der Waals surface area contributed by atoms with E-state index in [1.54, 1.807) is 0 Å². The Bertz CT molecular complexity index is 1180. The normalized spacial score (nSPS) is 19.8. The van der Waals surface area contributed by atoms with Crippen LogP contribution in [0.5, 0.6) is 0 Å². The molecule has 7 nitrogen and oxygen atoms in total. The summed E-state index contributed by atoms with van der Waals surface area (Å²) in [6.45, 7) is 3.28. The average molecular weight is 448 g/mol. The number of amides is 1. The maximum Gasteiger partial charge on any atom is 0.262 e. The first-order valence-corrected chi connectivity index (χ1v) is 12.4. The fourth-order valence-electron chi connectivity index (χ4n) is 5.48. The minimum atomic E-state index is -0.109. The highest BCUT2D eigenvalue weighted by atomic mass is 16.2. The van der Waals surface area contributed by atoms with Gasteiger partial charge in [0, 0.05) is 25.4 Å². The fraction of sp³-hybridized carbons (Fsp3) is 0.538. The molecule has 7 heteroatoms. The summed E-state index contributed by atoms with van der Waals surface area (Å²) in [4.78, 5) is 35.9. The summed E-state index contributed by atoms with van der Waals surface area (Å²) in [5.74, 6) is 0.923. The maximum atomic E-state index is 13.0. The number of aromatic nitrogens is 4. The largest absolute Gasteiger partial charge is 0.342 e. The van der Waals surface area contributed by atoms with Crippen LogP contribution in [-0.4, -0.2) is 43.6 Å². The van der Waals surface area contributed by atoms with Gasteiger partial charge in [0.05, 0.1) is 11.7 Å². The van der Waals surface area contributed by atoms with Crippen LogP contribution in [0.25, 0.3) is 11.0 Å². The zero-order chi connectivity index (χ0) is 22.8. The molecule has 2 fully saturated rings. The van der Waals surface area contributed by atoms with Crippen LogP contribution in [0.1, 0.15) is 80.4 Å². The molecule has 0 spiro atoms. The van der Waals surface area contributed by atoms with Crippen molar-refractivity contribution in [1.82, 2.24) is 24.6 Å². The predicted molar refractivity (Wildman–Crippen MR) is 128 cm³/mol. The number of hydrogen-bond donors (Lipinski definition) is 1. The van der Waals surface area contributed by atoms with Crippen molar-refractivity contribution in [1.29, 1.82) is 0 Å². The molecule has 1 N–H and O–H groups in total. The van der Waals surface area contributed by atoms with E-state index < -0.39 is 0 Å². The predicted octanol–water partition coefficient (Wildman–Crippen LogP) is 4.27. The number of carbonyl (C=O) groups excluding carboxylic acids is 1. The maximum absolute atomic E-state index is 13.0. The van der Waals surface area contributed by atoms with Gasteiger partial charge in [0.1, 0.15) is 11.2 Å². The molecule has 3 aromatic rings. The van der Waals surface area contributed by atoms with E-state index in [0.717, 1.165) is 44.3 Å². The Morgan fingerprint density at radius 3 is 2.67 bits per heavy atom. The Labute approximate surface area is 194 Å². The number of aromatic amines is 1. The van der Waals surface area contributed by atoms with Gasteiger partial charge in [-0.15, -0.1) is 0 Å². The summed E-state index contributed by atoms with van der Waals surface area (Å²) in [6, 6.07) is 10.5. The highest BCUT2D eigenvalue weighted by Crippen LogP contribution is 2.31. The zero-order valence-corrected chi connectivity index (χ0v) is 19.4. The number of benzene rings is 1. The highest BCUT2D eigenvalue weighted by Gasteiger charge is 2.28. The number of hydrogen-bond acceptors (Lipinski definition) is 4. The van der Waals surface area contributed by atoms with Crippen molar-refractivity contribution in [3.8, 4) is 0 Å². The van der Waals surface area contributed by atoms with Crippen LogP contribution in [-0.2, 0) is 11.2 Å². The fourth-order valence-corrected chi connectivity index (χ4v) is 5.48. The Balaban J connectivity index is 1.35. The summed E-state index contributed by atoms with van der Waals surface area (Å²) in [6.07, 6.45) is 8.95. The van der Waals surface area contributed by atoms with E-state index in [-0.39, 0.29) is 17.4 Å². The average Bonchev–Trinajstić information content (AvgIpc) is 3.20. The van der Waals surface area contributed by atoms with Crippen molar-refractivity contribution >= 4 is 16.9 Å². The standard InChI is InChI=1S/C26H33N5O2/c1-18-23-25(31(29-18)21-12-6-3-7-13-21)27-24(28-26(23)33)20-11-8-16-30(17-20)22(32)15-14-19-9-4-2-5-10-19/h2,4-5,9-10,20-21H,3,6-8,11-17H2,1H3,(H,27,28,33). The number of nitrogens with zero attached hydrogens (tertiary/aromatic N) is 4. The molecule has 0 bridgehead atoms. The van der Waals surface area contributed by atoms with E-state index in [2.05, 4.69) is 17.1 Å². The topological polar surface area (TPSA) is 83.9 Å². The quantitative estimate of drug-likeness (QED) is 0.633. The first kappa shape index (κ1) is 21.9. The van der Waals surface area contributed by atoms with Crippen molar-refractivity contribution in [2.24, 2.45) is 0 Å². The third-order valence-electron chi connectivity index (χ3n) is 7.31. The minimum Gasteiger partial charge on any atom is -0.342 e. The molecule has 2 aliphatic rings. The number of rotatable bonds is 5. The lowest BCUT2D eigenvalue weighted by Gasteiger charge is -2.32. The smallest absolute Gasteiger partial charge is 0.262 e. The molecule has 1 unspecified atom stereocenters. The van der Waals surface area contributed by atoms with Gasteiger partial charge < -0.3 is 9.88 Å². The Kier molecular flexibility index (Phi) is 6.29. The zero-order valence-electron chi connectivity index (χ0n) is 19.4. The Hall–Kier alpha value is -2.96. The van der Waals surface area contributed by atoms with Crippen molar-refractivity contribution in [3.05, 3.63) is 57.8 Å². The number of piperidine rings is 1. The summed E-state index contributed by atoms with van der Waals surface area (Å²) in [5.41, 5.74) is 2.53. The van der Waals surface area contributed by atoms with E-state index >= 15 is 0 Å². The molecule has 3 heterocycles. The van der Waals surface area contributed by atoms with Gasteiger partial charge in [0.15, 0.2) is 5.65 Å². The van der Waals surface area contributed by atoms with Gasteiger partial charge in [-0.2, -0.15) is 5.10 Å². The first-order valence-electron chi connectivity index (χ1n) is 12.4. The number of likely N-dealkylation sites (tertiary alicyclic amines) is 1. The highest BCUT2D eigenvalue weighted by molar-refractivity contribution is 5.78. The third kappa shape index (κ3) is 4.59. The van der Waals surface area contributed by atoms with Crippen LogP contribution < -0.4 is 5.56 Å². The van der Waals surface area contributed by atoms with Crippen LogP contribution in [0.4, 0.5) is 0 Å². The van der Waals surface area contributed by atoms with E-state index in [4.69, 9.17) is 10.1 Å². The lowest BCUT2D eigenvalue weighted by molar-refractivity contribution is -0.132. The van der Waals surface area contributed by atoms with E-state index in [1.165, 1.54) is 24.8 Å². The lowest BCUT2D eigenvalue weighted by atomic mass is 9.95. The number of H-pyrrole nitrogens is 1. The number of nitrogens with one attached hydrogen (secondary N) is 1. The molecule has 1 aliphatic carbocycles. The van der Waals surface area contributed by atoms with Crippen LogP contribution in [0, 0.1) is 6.92 Å². The van der Waals surface area contributed by atoms with Crippen LogP contribution in [0.2, 0.25) is 0 Å². The molecular weight excluding hydrogens is 414 g/mol. The summed E-state index contributed by atoms with van der Waals surface area (Å²) in [7, 11) is 0. The molecule has 1 aromatic carbocycles. The van der Waals surface area contributed by atoms with Crippen molar-refractivity contribution in [2.75, 3.05) is 13.1 Å². The lowest BCUT2D eigenvalue weighted by Crippen LogP contribution is -2.40. The molecule has 33 heavy (non-hydrogen) atoms. The molecule has 1 amide bonds. The van der Waals surface area contributed by atoms with Gasteiger partial charge >= 0.3 is 0 Å². The molecule has 1 saturated carbocycles. The molecule has 1 atom stereocenters. The third-order valence-corrected chi connectivity index (χ3v) is 7.31. The van der Waals surface area contributed by atoms with Crippen LogP contribution in [0.15, 0.2) is 35.1 Å². The molecule has 174 valence electrons. The van der Waals surface area contributed by atoms with Gasteiger partial charge in [0.2, 0.25) is 5.91 Å². The van der Waals surface area contributed by atoms with Crippen molar-refractivity contribution in [3.63, 3.8) is 0 Å². The number of fused-ring (bicyclic) bond motifs is 1. The van der Waals surface area contributed by atoms with Crippen LogP contribution in [0.3, 0.4) is 0 Å². The molecular formula is C26H33N5O2. The monoisotopic (exact) mass is 447 g/mol. The summed E-state index contributed by atoms with van der Waals surface area (Å²) >= 11 is 0. The Morgan fingerprint density at radius 1 is 1.09 bits per heavy atom. The van der Waals surface area contributed by atoms with Crippen LogP contribution >= 0.6 is 0 Å². The molecule has 2 aromatic heterocycles. The second kappa shape index (κ2) is 9.49. The van der Waals surface area contributed by atoms with E-state index in [0.29, 0.717) is 35.9 Å². The SMILES string of the molecule is Cc1nn(C2CCCCC2)c2nc(C3CCCN(C(=O)CCc4ccccc4)C3)[nH]c(=O)c12. The first-order chi connectivity index (χ1) is 16.1. The molecule has 1 saturated heterocycles. The van der Waals surface area contributed by atoms with Gasteiger partial charge in [-0.1, -0.05) is 49.6 Å². The van der Waals surface area contributed by atoms with Gasteiger partial charge in [-0.05, 0) is 44.6 Å². The molecule has 5 rings (SSSR count). The second-order valence-electron chi connectivity index (χ2n) is 9.64. The molecule has 0 radical (unpaired) electrons. The summed E-state index contributed by atoms with van der Waals surface area (Å²) in [5, 5.41) is 5.33.